The Morgan fingerprint density at radius 1 is 1.00 bits per heavy atom. The van der Waals surface area contributed by atoms with Crippen molar-refractivity contribution in [1.82, 2.24) is 4.90 Å². The van der Waals surface area contributed by atoms with Crippen LogP contribution in [0.5, 0.6) is 0 Å². The Labute approximate surface area is 252 Å². The standard InChI is InChI=1S/C32H38ClNO7S/c1-6-8-22-13-16-29(27(18-22)30(36)37)42(39,40)26-14-11-23(12-15-26)17-21(2)34(31(38)41-32(3,4)5)20-28(35)24-9-7-10-25(33)19-24/h7,9-16,18-19,21,28,35H,6,8,17,20H2,1-5H3,(H,36,37)/t21-,28-/m1/s1. The molecule has 0 aliphatic rings. The van der Waals surface area contributed by atoms with Crippen LogP contribution in [0.4, 0.5) is 4.79 Å². The van der Waals surface area contributed by atoms with Crippen LogP contribution in [-0.4, -0.2) is 53.8 Å². The molecular weight excluding hydrogens is 578 g/mol. The summed E-state index contributed by atoms with van der Waals surface area (Å²) in [6.07, 6.45) is 0.176. The van der Waals surface area contributed by atoms with Gasteiger partial charge < -0.3 is 19.8 Å². The Morgan fingerprint density at radius 3 is 2.21 bits per heavy atom. The number of carbonyl (C=O) groups excluding carboxylic acids is 1. The van der Waals surface area contributed by atoms with Crippen molar-refractivity contribution < 1.29 is 33.0 Å². The van der Waals surface area contributed by atoms with E-state index in [0.717, 1.165) is 17.5 Å². The minimum absolute atomic E-state index is 0.0370. The third-order valence-electron chi connectivity index (χ3n) is 6.63. The summed E-state index contributed by atoms with van der Waals surface area (Å²) in [4.78, 5) is 26.2. The summed E-state index contributed by atoms with van der Waals surface area (Å²) in [6.45, 7) is 9.00. The molecule has 0 fully saturated rings. The second-order valence-corrected chi connectivity index (χ2v) is 13.6. The molecule has 0 radical (unpaired) electrons. The predicted molar refractivity (Wildman–Crippen MR) is 162 cm³/mol. The number of aryl methyl sites for hydroxylation is 1. The fourth-order valence-electron chi connectivity index (χ4n) is 4.57. The number of sulfone groups is 1. The highest BCUT2D eigenvalue weighted by atomic mass is 35.5. The first-order valence-electron chi connectivity index (χ1n) is 13.8. The Bertz CT molecular complexity index is 1510. The fraction of sp³-hybridized carbons (Fsp3) is 0.375. The molecule has 1 amide bonds. The zero-order valence-electron chi connectivity index (χ0n) is 24.5. The number of hydrogen-bond acceptors (Lipinski definition) is 6. The fourth-order valence-corrected chi connectivity index (χ4v) is 6.20. The summed E-state index contributed by atoms with van der Waals surface area (Å²) in [5.41, 5.74) is 1.04. The van der Waals surface area contributed by atoms with Crippen LogP contribution in [0.2, 0.25) is 5.02 Å². The Balaban J connectivity index is 1.85. The van der Waals surface area contributed by atoms with E-state index in [1.807, 2.05) is 13.8 Å². The molecular formula is C32H38ClNO7S. The summed E-state index contributed by atoms with van der Waals surface area (Å²) in [5.74, 6) is -1.31. The molecule has 0 unspecified atom stereocenters. The summed E-state index contributed by atoms with van der Waals surface area (Å²) in [6, 6.07) is 16.9. The number of rotatable bonds is 11. The molecule has 0 heterocycles. The number of amides is 1. The number of aromatic carboxylic acids is 1. The molecule has 2 atom stereocenters. The van der Waals surface area contributed by atoms with Gasteiger partial charge in [0.25, 0.3) is 0 Å². The maximum atomic E-state index is 13.4. The Hall–Kier alpha value is -3.40. The van der Waals surface area contributed by atoms with Crippen molar-refractivity contribution in [2.24, 2.45) is 0 Å². The molecule has 0 spiro atoms. The van der Waals surface area contributed by atoms with Crippen LogP contribution in [0.1, 0.15) is 74.2 Å². The van der Waals surface area contributed by atoms with Gasteiger partial charge in [0.05, 0.1) is 28.0 Å². The van der Waals surface area contributed by atoms with Crippen LogP contribution in [-0.2, 0) is 27.4 Å². The molecule has 226 valence electrons. The molecule has 8 nitrogen and oxygen atoms in total. The lowest BCUT2D eigenvalue weighted by Crippen LogP contribution is -2.45. The van der Waals surface area contributed by atoms with E-state index in [9.17, 15) is 28.2 Å². The van der Waals surface area contributed by atoms with E-state index >= 15 is 0 Å². The number of carboxylic acids is 1. The van der Waals surface area contributed by atoms with Gasteiger partial charge in [-0.25, -0.2) is 18.0 Å². The molecule has 0 aromatic heterocycles. The molecule has 42 heavy (non-hydrogen) atoms. The maximum Gasteiger partial charge on any atom is 0.410 e. The van der Waals surface area contributed by atoms with Gasteiger partial charge in [0.2, 0.25) is 9.84 Å². The number of nitrogens with zero attached hydrogens (tertiary/aromatic N) is 1. The Kier molecular flexibility index (Phi) is 10.8. The predicted octanol–water partition coefficient (Wildman–Crippen LogP) is 6.73. The minimum atomic E-state index is -4.10. The van der Waals surface area contributed by atoms with Gasteiger partial charge in [0.15, 0.2) is 0 Å². The normalized spacial score (nSPS) is 13.3. The van der Waals surface area contributed by atoms with Crippen molar-refractivity contribution in [3.05, 3.63) is 94.0 Å². The number of carbonyl (C=O) groups is 2. The van der Waals surface area contributed by atoms with Gasteiger partial charge in [-0.3, -0.25) is 0 Å². The SMILES string of the molecule is CCCc1ccc(S(=O)(=O)c2ccc(C[C@@H](C)N(C[C@@H](O)c3cccc(Cl)c3)C(=O)OC(C)(C)C)cc2)c(C(=O)O)c1. The summed E-state index contributed by atoms with van der Waals surface area (Å²) >= 11 is 6.08. The van der Waals surface area contributed by atoms with E-state index in [1.54, 1.807) is 63.2 Å². The number of halogens is 1. The highest BCUT2D eigenvalue weighted by Gasteiger charge is 2.29. The summed E-state index contributed by atoms with van der Waals surface area (Å²) in [5, 5.41) is 21.1. The highest BCUT2D eigenvalue weighted by Crippen LogP contribution is 2.27. The van der Waals surface area contributed by atoms with Crippen molar-refractivity contribution in [2.45, 2.75) is 81.4 Å². The first kappa shape index (κ1) is 33.1. The average molecular weight is 616 g/mol. The van der Waals surface area contributed by atoms with Crippen molar-refractivity contribution in [1.29, 1.82) is 0 Å². The quantitative estimate of drug-likeness (QED) is 0.245. The second kappa shape index (κ2) is 13.7. The zero-order valence-corrected chi connectivity index (χ0v) is 26.1. The van der Waals surface area contributed by atoms with E-state index in [1.165, 1.54) is 29.2 Å². The van der Waals surface area contributed by atoms with Crippen molar-refractivity contribution in [2.75, 3.05) is 6.54 Å². The van der Waals surface area contributed by atoms with Crippen molar-refractivity contribution in [3.8, 4) is 0 Å². The van der Waals surface area contributed by atoms with E-state index in [4.69, 9.17) is 16.3 Å². The van der Waals surface area contributed by atoms with E-state index in [-0.39, 0.29) is 21.9 Å². The molecule has 2 N–H and O–H groups in total. The highest BCUT2D eigenvalue weighted by molar-refractivity contribution is 7.91. The van der Waals surface area contributed by atoms with Gasteiger partial charge in [0, 0.05) is 11.1 Å². The van der Waals surface area contributed by atoms with Gasteiger partial charge in [-0.05, 0) is 93.6 Å². The number of aliphatic hydroxyl groups excluding tert-OH is 1. The third kappa shape index (κ3) is 8.56. The van der Waals surface area contributed by atoms with Crippen LogP contribution in [0.3, 0.4) is 0 Å². The molecule has 10 heteroatoms. The molecule has 3 aromatic rings. The minimum Gasteiger partial charge on any atom is -0.478 e. The lowest BCUT2D eigenvalue weighted by atomic mass is 10.0. The molecule has 0 aliphatic carbocycles. The van der Waals surface area contributed by atoms with Crippen molar-refractivity contribution >= 4 is 33.5 Å². The zero-order chi connectivity index (χ0) is 31.2. The van der Waals surface area contributed by atoms with E-state index in [0.29, 0.717) is 23.4 Å². The van der Waals surface area contributed by atoms with Gasteiger partial charge >= 0.3 is 12.1 Å². The molecule has 0 bridgehead atoms. The number of aliphatic hydroxyl groups is 1. The second-order valence-electron chi connectivity index (χ2n) is 11.3. The lowest BCUT2D eigenvalue weighted by Gasteiger charge is -2.33. The topological polar surface area (TPSA) is 121 Å². The number of ether oxygens (including phenoxy) is 1. The lowest BCUT2D eigenvalue weighted by molar-refractivity contribution is 0.00546. The number of benzene rings is 3. The van der Waals surface area contributed by atoms with E-state index < -0.39 is 39.6 Å². The third-order valence-corrected chi connectivity index (χ3v) is 8.69. The first-order chi connectivity index (χ1) is 19.6. The van der Waals surface area contributed by atoms with Crippen LogP contribution in [0.15, 0.2) is 76.5 Å². The molecule has 0 aliphatic heterocycles. The van der Waals surface area contributed by atoms with Gasteiger partial charge in [-0.2, -0.15) is 0 Å². The smallest absolute Gasteiger partial charge is 0.410 e. The molecule has 3 rings (SSSR count). The van der Waals surface area contributed by atoms with Gasteiger partial charge in [-0.15, -0.1) is 0 Å². The number of hydrogen-bond donors (Lipinski definition) is 2. The van der Waals surface area contributed by atoms with Crippen molar-refractivity contribution in [3.63, 3.8) is 0 Å². The van der Waals surface area contributed by atoms with Crippen LogP contribution in [0, 0.1) is 0 Å². The number of carboxylic acid groups (broad SMARTS) is 1. The van der Waals surface area contributed by atoms with Crippen LogP contribution < -0.4 is 0 Å². The molecule has 0 saturated heterocycles. The average Bonchev–Trinajstić information content (AvgIpc) is 2.90. The first-order valence-corrected chi connectivity index (χ1v) is 15.6. The molecule has 0 saturated carbocycles. The molecule has 3 aromatic carbocycles. The maximum absolute atomic E-state index is 13.4. The van der Waals surface area contributed by atoms with Crippen LogP contribution in [0.25, 0.3) is 0 Å². The summed E-state index contributed by atoms with van der Waals surface area (Å²) < 4.78 is 32.4. The van der Waals surface area contributed by atoms with Gasteiger partial charge in [0.1, 0.15) is 5.60 Å². The van der Waals surface area contributed by atoms with Crippen LogP contribution >= 0.6 is 11.6 Å². The Morgan fingerprint density at radius 2 is 1.64 bits per heavy atom. The van der Waals surface area contributed by atoms with Gasteiger partial charge in [-0.1, -0.05) is 55.3 Å². The largest absolute Gasteiger partial charge is 0.478 e. The van der Waals surface area contributed by atoms with E-state index in [2.05, 4.69) is 0 Å². The summed E-state index contributed by atoms with van der Waals surface area (Å²) in [7, 11) is -4.10. The monoisotopic (exact) mass is 615 g/mol.